The molecule has 0 aliphatic carbocycles. The van der Waals surface area contributed by atoms with Crippen molar-refractivity contribution in [1.29, 1.82) is 0 Å². The van der Waals surface area contributed by atoms with Crippen molar-refractivity contribution in [3.05, 3.63) is 97.1 Å². The second-order valence-electron chi connectivity index (χ2n) is 28.8. The molecule has 0 bridgehead atoms. The van der Waals surface area contributed by atoms with Crippen LogP contribution in [0, 0.1) is 0 Å². The second kappa shape index (κ2) is 39.7. The van der Waals surface area contributed by atoms with Gasteiger partial charge in [0.1, 0.15) is 0 Å². The van der Waals surface area contributed by atoms with Gasteiger partial charge in [0.15, 0.2) is 0 Å². The first-order valence-electron chi connectivity index (χ1n) is 28.2. The molecule has 0 spiro atoms. The van der Waals surface area contributed by atoms with Crippen molar-refractivity contribution in [2.75, 3.05) is 38.2 Å². The van der Waals surface area contributed by atoms with Gasteiger partial charge in [-0.05, 0) is 104 Å². The number of benzene rings is 4. The molecule has 8 radical (unpaired) electrons. The Balaban J connectivity index is -0.000000938. The Bertz CT molecular complexity index is 1900. The van der Waals surface area contributed by atoms with E-state index in [1.165, 1.54) is 19.6 Å². The van der Waals surface area contributed by atoms with Gasteiger partial charge in [0.2, 0.25) is 0 Å². The quantitative estimate of drug-likeness (QED) is 0.0439. The first-order valence-corrected chi connectivity index (χ1v) is 66.0. The second-order valence-corrected chi connectivity index (χ2v) is 87.2. The van der Waals surface area contributed by atoms with Gasteiger partial charge in [-0.3, -0.25) is 0 Å². The van der Waals surface area contributed by atoms with E-state index in [1.54, 1.807) is 21.2 Å². The largest absolute Gasteiger partial charge is 0.382 e. The smallest absolute Gasteiger partial charge is 0.0492 e. The number of thioether (sulfide) groups is 4. The summed E-state index contributed by atoms with van der Waals surface area (Å²) in [6, 6.07) is 36.0. The molecule has 4 atom stereocenters. The van der Waals surface area contributed by atoms with Gasteiger partial charge >= 0.3 is 0 Å². The third-order valence-electron chi connectivity index (χ3n) is 13.0. The third-order valence-corrected chi connectivity index (χ3v) is 79.9. The predicted molar refractivity (Wildman–Crippen MR) is 420 cm³/mol. The molecule has 1 nitrogen and oxygen atoms in total. The molecule has 0 aromatic heterocycles. The average Bonchev–Trinajstić information content (AvgIpc) is 3.29. The van der Waals surface area contributed by atoms with Crippen molar-refractivity contribution in [2.45, 2.75) is 210 Å². The maximum atomic E-state index is 4.83. The summed E-state index contributed by atoms with van der Waals surface area (Å²) in [5.74, 6) is 0. The summed E-state index contributed by atoms with van der Waals surface area (Å²) >= 11 is 7.59. The van der Waals surface area contributed by atoms with E-state index in [2.05, 4.69) is 279 Å². The molecule has 4 rings (SSSR count). The van der Waals surface area contributed by atoms with Crippen LogP contribution in [0.25, 0.3) is 0 Å². The summed E-state index contributed by atoms with van der Waals surface area (Å²) in [7, 11) is -4.58. The molecule has 0 amide bonds. The fourth-order valence-corrected chi connectivity index (χ4v) is 76.8. The molecule has 4 unspecified atom stereocenters. The van der Waals surface area contributed by atoms with Crippen molar-refractivity contribution in [3.63, 3.8) is 0 Å². The zero-order valence-corrected chi connectivity index (χ0v) is 75.5. The van der Waals surface area contributed by atoms with E-state index < -0.39 is 64.6 Å². The predicted octanol–water partition coefficient (Wildman–Crippen LogP) is 19.6. The van der Waals surface area contributed by atoms with Crippen LogP contribution in [0.1, 0.15) is 13.8 Å². The molecular formula is C60H118Ge2OP4S4Si8. The van der Waals surface area contributed by atoms with E-state index >= 15 is 0 Å². The summed E-state index contributed by atoms with van der Waals surface area (Å²) in [5.41, 5.74) is 0. The number of hydrogen-bond donors (Lipinski definition) is 0. The summed E-state index contributed by atoms with van der Waals surface area (Å²) in [4.78, 5) is 9.87. The summed E-state index contributed by atoms with van der Waals surface area (Å²) in [6.07, 6.45) is 8.78. The normalized spacial score (nSPS) is 13.1. The van der Waals surface area contributed by atoms with Gasteiger partial charge in [0.05, 0.1) is 0 Å². The molecule has 0 N–H and O–H groups in total. The van der Waals surface area contributed by atoms with Crippen LogP contribution in [0.5, 0.6) is 0 Å². The van der Waals surface area contributed by atoms with Crippen LogP contribution in [0.4, 0.5) is 0 Å². The summed E-state index contributed by atoms with van der Waals surface area (Å²) < 4.78 is 4.83. The van der Waals surface area contributed by atoms with E-state index in [4.69, 9.17) is 4.74 Å². The Hall–Kier alpha value is 2.78. The van der Waals surface area contributed by atoms with Crippen molar-refractivity contribution in [3.8, 4) is 0 Å². The van der Waals surface area contributed by atoms with Gasteiger partial charge in [0.25, 0.3) is 0 Å². The summed E-state index contributed by atoms with van der Waals surface area (Å²) in [6.45, 7) is 66.8. The third kappa shape index (κ3) is 34.4. The van der Waals surface area contributed by atoms with Crippen LogP contribution >= 0.6 is 81.4 Å². The first-order chi connectivity index (χ1) is 35.1. The fraction of sp³-hybridized carbons (Fsp3) is 0.600. The molecule has 0 heterocycles. The van der Waals surface area contributed by atoms with E-state index in [0.29, 0.717) is 0 Å². The standard InChI is InChI=1S/4C14H27PSSi2.C4H10O.2Ge/c4*1-16-13-11-9-8-10-12(13)15-14(17(2,3)4)18(5,6)7;1-3-5-4-2;;/h4*8-11,14-15H,1-7H3;3-4H2,1-2H3;;. The molecular weight excluding hydrogens is 1360 g/mol. The molecule has 0 saturated heterocycles. The topological polar surface area (TPSA) is 9.23 Å². The van der Waals surface area contributed by atoms with Crippen LogP contribution in [0.15, 0.2) is 117 Å². The van der Waals surface area contributed by atoms with Crippen molar-refractivity contribution in [1.82, 2.24) is 0 Å². The van der Waals surface area contributed by atoms with E-state index in [-0.39, 0.29) is 35.2 Å². The molecule has 79 heavy (non-hydrogen) atoms. The minimum atomic E-state index is -1.08. The van der Waals surface area contributed by atoms with Crippen molar-refractivity contribution >= 4 is 202 Å². The van der Waals surface area contributed by atoms with Crippen LogP contribution in [0.3, 0.4) is 0 Å². The van der Waals surface area contributed by atoms with E-state index in [9.17, 15) is 0 Å². The van der Waals surface area contributed by atoms with Crippen LogP contribution < -0.4 is 21.2 Å². The zero-order valence-electron chi connectivity index (χ0n) is 56.0. The minimum Gasteiger partial charge on any atom is -0.382 e. The fourth-order valence-electron chi connectivity index (χ4n) is 10.8. The Kier molecular flexibility index (Phi) is 43.2. The maximum absolute atomic E-state index is 4.83. The van der Waals surface area contributed by atoms with Gasteiger partial charge in [-0.1, -0.05) is 264 Å². The monoisotopic (exact) mass is 1480 g/mol. The van der Waals surface area contributed by atoms with Crippen LogP contribution in [-0.2, 0) is 4.74 Å². The number of rotatable bonds is 22. The maximum Gasteiger partial charge on any atom is 0.0492 e. The van der Waals surface area contributed by atoms with Gasteiger partial charge in [0, 0.05) is 133 Å². The average molecular weight is 1480 g/mol. The Morgan fingerprint density at radius 1 is 0.291 bits per heavy atom. The van der Waals surface area contributed by atoms with Gasteiger partial charge in [-0.2, -0.15) is 0 Å². The van der Waals surface area contributed by atoms with Crippen molar-refractivity contribution in [2.24, 2.45) is 0 Å². The van der Waals surface area contributed by atoms with Crippen LogP contribution in [-0.4, -0.2) is 158 Å². The van der Waals surface area contributed by atoms with E-state index in [0.717, 1.165) is 67.2 Å². The van der Waals surface area contributed by atoms with Crippen molar-refractivity contribution < 1.29 is 4.74 Å². The Morgan fingerprint density at radius 3 is 0.532 bits per heavy atom. The Labute approximate surface area is 546 Å². The zero-order chi connectivity index (χ0) is 60.0. The van der Waals surface area contributed by atoms with Gasteiger partial charge < -0.3 is 4.74 Å². The molecule has 0 aliphatic heterocycles. The number of ether oxygens (including phenoxy) is 1. The molecule has 0 fully saturated rings. The van der Waals surface area contributed by atoms with Crippen LogP contribution in [0.2, 0.25) is 157 Å². The molecule has 0 saturated carbocycles. The Morgan fingerprint density at radius 2 is 0.430 bits per heavy atom. The van der Waals surface area contributed by atoms with E-state index in [1.807, 2.05) is 60.9 Å². The molecule has 19 heteroatoms. The van der Waals surface area contributed by atoms with Gasteiger partial charge in [-0.15, -0.1) is 47.0 Å². The minimum absolute atomic E-state index is 0. The molecule has 0 aliphatic rings. The molecule has 4 aromatic carbocycles. The first kappa shape index (κ1) is 86.0. The molecule has 4 aromatic rings. The summed E-state index contributed by atoms with van der Waals surface area (Å²) in [5, 5.41) is 6.39. The molecule has 448 valence electrons. The number of hydrogen-bond acceptors (Lipinski definition) is 5. The SMILES string of the molecule is CCOCC.CSc1ccccc1PC([Si](C)(C)C)[Si](C)(C)C.CSc1ccccc1PC([Si](C)(C)C)[Si](C)(C)C.CSc1ccccc1PC([Si](C)(C)C)[Si](C)(C)C.CSc1ccccc1PC([Si](C)(C)C)[Si](C)(C)C.[Ge].[Ge]. The van der Waals surface area contributed by atoms with Gasteiger partial charge in [-0.25, -0.2) is 0 Å².